The van der Waals surface area contributed by atoms with Crippen molar-refractivity contribution in [2.45, 2.75) is 32.6 Å². The Balaban J connectivity index is 2.27. The molecule has 2 heterocycles. The molecule has 0 aromatic carbocycles. The fourth-order valence-electron chi connectivity index (χ4n) is 1.75. The monoisotopic (exact) mass is 226 g/mol. The van der Waals surface area contributed by atoms with E-state index in [1.807, 2.05) is 13.8 Å². The van der Waals surface area contributed by atoms with Gasteiger partial charge in [-0.3, -0.25) is 0 Å². The molecule has 1 saturated heterocycles. The zero-order valence-electron chi connectivity index (χ0n) is 9.09. The van der Waals surface area contributed by atoms with Gasteiger partial charge in [0.25, 0.3) is 0 Å². The van der Waals surface area contributed by atoms with Crippen LogP contribution >= 0.6 is 11.6 Å². The fraction of sp³-hybridized carbons (Fsp3) is 0.636. The maximum Gasteiger partial charge on any atom is 0.135 e. The van der Waals surface area contributed by atoms with Gasteiger partial charge < -0.3 is 4.74 Å². The van der Waals surface area contributed by atoms with Gasteiger partial charge in [-0.05, 0) is 26.7 Å². The molecule has 0 bridgehead atoms. The minimum Gasteiger partial charge on any atom is -0.381 e. The van der Waals surface area contributed by atoms with Gasteiger partial charge in [-0.15, -0.1) is 0 Å². The lowest BCUT2D eigenvalue weighted by molar-refractivity contribution is 0.0835. The molecule has 0 radical (unpaired) electrons. The van der Waals surface area contributed by atoms with Crippen LogP contribution in [0.15, 0.2) is 0 Å². The third-order valence-corrected chi connectivity index (χ3v) is 3.30. The zero-order chi connectivity index (χ0) is 10.8. The Labute approximate surface area is 94.8 Å². The number of aromatic nitrogens is 2. The minimum absolute atomic E-state index is 0.413. The highest BCUT2D eigenvalue weighted by atomic mass is 35.5. The van der Waals surface area contributed by atoms with Gasteiger partial charge in [0.2, 0.25) is 0 Å². The number of nitrogens with zero attached hydrogens (tertiary/aromatic N) is 2. The molecule has 0 N–H and O–H groups in total. The van der Waals surface area contributed by atoms with E-state index < -0.39 is 0 Å². The molecule has 0 aliphatic carbocycles. The van der Waals surface area contributed by atoms with E-state index in [0.717, 1.165) is 43.1 Å². The lowest BCUT2D eigenvalue weighted by Gasteiger charge is -2.21. The smallest absolute Gasteiger partial charge is 0.135 e. The summed E-state index contributed by atoms with van der Waals surface area (Å²) in [6.45, 7) is 5.54. The Morgan fingerprint density at radius 1 is 1.20 bits per heavy atom. The Morgan fingerprint density at radius 3 is 2.47 bits per heavy atom. The number of hydrogen-bond donors (Lipinski definition) is 0. The molecule has 1 fully saturated rings. The topological polar surface area (TPSA) is 35.0 Å². The standard InChI is InChI=1S/C11H15ClN2O/c1-7-8(2)13-11(14-10(7)12)9-3-5-15-6-4-9/h9H,3-6H2,1-2H3. The van der Waals surface area contributed by atoms with Crippen LogP contribution in [0.2, 0.25) is 5.15 Å². The van der Waals surface area contributed by atoms with E-state index in [-0.39, 0.29) is 0 Å². The lowest BCUT2D eigenvalue weighted by atomic mass is 9.99. The second-order valence-corrected chi connectivity index (χ2v) is 4.33. The molecule has 3 nitrogen and oxygen atoms in total. The largest absolute Gasteiger partial charge is 0.381 e. The van der Waals surface area contributed by atoms with E-state index in [1.165, 1.54) is 0 Å². The van der Waals surface area contributed by atoms with Crippen LogP contribution in [0.1, 0.15) is 35.8 Å². The fourth-order valence-corrected chi connectivity index (χ4v) is 1.98. The number of rotatable bonds is 1. The van der Waals surface area contributed by atoms with Crippen LogP contribution in [-0.4, -0.2) is 23.2 Å². The average molecular weight is 227 g/mol. The van der Waals surface area contributed by atoms with Crippen molar-refractivity contribution in [2.75, 3.05) is 13.2 Å². The van der Waals surface area contributed by atoms with Crippen molar-refractivity contribution in [3.05, 3.63) is 22.2 Å². The number of aryl methyl sites for hydroxylation is 1. The Kier molecular flexibility index (Phi) is 3.22. The van der Waals surface area contributed by atoms with E-state index in [4.69, 9.17) is 16.3 Å². The number of hydrogen-bond acceptors (Lipinski definition) is 3. The van der Waals surface area contributed by atoms with Crippen LogP contribution in [0.4, 0.5) is 0 Å². The highest BCUT2D eigenvalue weighted by Crippen LogP contribution is 2.26. The molecule has 1 aliphatic heterocycles. The van der Waals surface area contributed by atoms with E-state index in [2.05, 4.69) is 9.97 Å². The summed E-state index contributed by atoms with van der Waals surface area (Å²) in [5.41, 5.74) is 1.96. The summed E-state index contributed by atoms with van der Waals surface area (Å²) in [6.07, 6.45) is 2.00. The molecule has 2 rings (SSSR count). The molecule has 1 aromatic rings. The summed E-state index contributed by atoms with van der Waals surface area (Å²) in [4.78, 5) is 8.86. The maximum atomic E-state index is 6.06. The van der Waals surface area contributed by atoms with Crippen molar-refractivity contribution < 1.29 is 4.74 Å². The Morgan fingerprint density at radius 2 is 1.87 bits per heavy atom. The maximum absolute atomic E-state index is 6.06. The van der Waals surface area contributed by atoms with E-state index >= 15 is 0 Å². The van der Waals surface area contributed by atoms with Gasteiger partial charge in [0.1, 0.15) is 11.0 Å². The van der Waals surface area contributed by atoms with Crippen molar-refractivity contribution in [3.63, 3.8) is 0 Å². The molecule has 0 amide bonds. The van der Waals surface area contributed by atoms with Crippen LogP contribution in [0, 0.1) is 13.8 Å². The average Bonchev–Trinajstić information content (AvgIpc) is 2.26. The Hall–Kier alpha value is -0.670. The third kappa shape index (κ3) is 2.29. The summed E-state index contributed by atoms with van der Waals surface area (Å²) >= 11 is 6.06. The zero-order valence-corrected chi connectivity index (χ0v) is 9.84. The molecule has 0 atom stereocenters. The molecule has 4 heteroatoms. The molecule has 0 spiro atoms. The first-order valence-corrected chi connectivity index (χ1v) is 5.64. The van der Waals surface area contributed by atoms with Gasteiger partial charge in [-0.2, -0.15) is 0 Å². The summed E-state index contributed by atoms with van der Waals surface area (Å²) in [5, 5.41) is 0.587. The summed E-state index contributed by atoms with van der Waals surface area (Å²) in [5.74, 6) is 1.29. The van der Waals surface area contributed by atoms with Crippen LogP contribution in [0.5, 0.6) is 0 Å². The van der Waals surface area contributed by atoms with Crippen LogP contribution in [0.3, 0.4) is 0 Å². The van der Waals surface area contributed by atoms with Crippen molar-refractivity contribution in [1.82, 2.24) is 9.97 Å². The van der Waals surface area contributed by atoms with Crippen LogP contribution < -0.4 is 0 Å². The quantitative estimate of drug-likeness (QED) is 0.691. The number of halogens is 1. The Bertz CT molecular complexity index is 339. The van der Waals surface area contributed by atoms with E-state index in [1.54, 1.807) is 0 Å². The summed E-state index contributed by atoms with van der Waals surface area (Å²) in [7, 11) is 0. The molecular weight excluding hydrogens is 212 g/mol. The van der Waals surface area contributed by atoms with Gasteiger partial charge in [0.05, 0.1) is 0 Å². The molecule has 15 heavy (non-hydrogen) atoms. The highest BCUT2D eigenvalue weighted by Gasteiger charge is 2.19. The minimum atomic E-state index is 0.413. The van der Waals surface area contributed by atoms with Gasteiger partial charge >= 0.3 is 0 Å². The normalized spacial score (nSPS) is 18.1. The van der Waals surface area contributed by atoms with Gasteiger partial charge in [0, 0.05) is 30.4 Å². The third-order valence-electron chi connectivity index (χ3n) is 2.93. The van der Waals surface area contributed by atoms with Crippen molar-refractivity contribution in [1.29, 1.82) is 0 Å². The first-order chi connectivity index (χ1) is 7.18. The lowest BCUT2D eigenvalue weighted by Crippen LogP contribution is -2.17. The molecule has 82 valence electrons. The predicted molar refractivity (Wildman–Crippen MR) is 59.3 cm³/mol. The molecular formula is C11H15ClN2O. The van der Waals surface area contributed by atoms with Gasteiger partial charge in [-0.1, -0.05) is 11.6 Å². The van der Waals surface area contributed by atoms with Gasteiger partial charge in [0.15, 0.2) is 0 Å². The molecule has 1 aliphatic rings. The van der Waals surface area contributed by atoms with E-state index in [9.17, 15) is 0 Å². The summed E-state index contributed by atoms with van der Waals surface area (Å²) in [6, 6.07) is 0. The van der Waals surface area contributed by atoms with Crippen molar-refractivity contribution in [3.8, 4) is 0 Å². The molecule has 1 aromatic heterocycles. The first-order valence-electron chi connectivity index (χ1n) is 5.27. The van der Waals surface area contributed by atoms with E-state index in [0.29, 0.717) is 11.1 Å². The highest BCUT2D eigenvalue weighted by molar-refractivity contribution is 6.30. The van der Waals surface area contributed by atoms with Crippen molar-refractivity contribution in [2.24, 2.45) is 0 Å². The second-order valence-electron chi connectivity index (χ2n) is 3.97. The van der Waals surface area contributed by atoms with Gasteiger partial charge in [-0.25, -0.2) is 9.97 Å². The SMILES string of the molecule is Cc1nc(C2CCOCC2)nc(Cl)c1C. The first kappa shape index (κ1) is 10.8. The van der Waals surface area contributed by atoms with Crippen molar-refractivity contribution >= 4 is 11.6 Å². The van der Waals surface area contributed by atoms with Crippen LogP contribution in [-0.2, 0) is 4.74 Å². The number of ether oxygens (including phenoxy) is 1. The van der Waals surface area contributed by atoms with Crippen LogP contribution in [0.25, 0.3) is 0 Å². The summed E-state index contributed by atoms with van der Waals surface area (Å²) < 4.78 is 5.32. The molecule has 0 unspecified atom stereocenters. The second kappa shape index (κ2) is 4.45. The predicted octanol–water partition coefficient (Wildman–Crippen LogP) is 2.64. The molecule has 0 saturated carbocycles.